The highest BCUT2D eigenvalue weighted by Crippen LogP contribution is 2.31. The lowest BCUT2D eigenvalue weighted by molar-refractivity contribution is 0.223. The number of ether oxygens (including phenoxy) is 1. The van der Waals surface area contributed by atoms with Gasteiger partial charge in [-0.2, -0.15) is 0 Å². The third-order valence-electron chi connectivity index (χ3n) is 2.30. The number of hydrogen-bond donors (Lipinski definition) is 1. The Balaban J connectivity index is 2.34. The summed E-state index contributed by atoms with van der Waals surface area (Å²) in [5, 5.41) is 12.6. The molecule has 1 unspecified atom stereocenters. The van der Waals surface area contributed by atoms with E-state index in [1.54, 1.807) is 25.3 Å². The zero-order valence-corrected chi connectivity index (χ0v) is 10.3. The van der Waals surface area contributed by atoms with E-state index in [0.717, 1.165) is 10.4 Å². The molecule has 1 N–H and O–H groups in total. The van der Waals surface area contributed by atoms with E-state index in [2.05, 4.69) is 0 Å². The number of benzene rings is 1. The zero-order chi connectivity index (χ0) is 11.5. The Kier molecular flexibility index (Phi) is 3.49. The number of rotatable bonds is 3. The molecule has 2 aromatic rings. The van der Waals surface area contributed by atoms with Crippen LogP contribution < -0.4 is 4.74 Å². The molecule has 0 aliphatic rings. The van der Waals surface area contributed by atoms with Crippen molar-refractivity contribution in [2.24, 2.45) is 0 Å². The molecule has 1 aromatic carbocycles. The second-order valence-corrected chi connectivity index (χ2v) is 4.70. The molecule has 16 heavy (non-hydrogen) atoms. The maximum absolute atomic E-state index is 10.1. The van der Waals surface area contributed by atoms with E-state index < -0.39 is 6.10 Å². The van der Waals surface area contributed by atoms with Gasteiger partial charge in [-0.3, -0.25) is 0 Å². The van der Waals surface area contributed by atoms with Crippen LogP contribution >= 0.6 is 22.9 Å². The molecule has 1 atom stereocenters. The first kappa shape index (κ1) is 11.5. The van der Waals surface area contributed by atoms with Crippen molar-refractivity contribution in [1.29, 1.82) is 0 Å². The predicted molar refractivity (Wildman–Crippen MR) is 66.4 cm³/mol. The lowest BCUT2D eigenvalue weighted by Crippen LogP contribution is -1.97. The summed E-state index contributed by atoms with van der Waals surface area (Å²) < 4.78 is 5.11. The molecule has 0 aliphatic heterocycles. The van der Waals surface area contributed by atoms with Gasteiger partial charge in [0.25, 0.3) is 0 Å². The van der Waals surface area contributed by atoms with Gasteiger partial charge >= 0.3 is 0 Å². The summed E-state index contributed by atoms with van der Waals surface area (Å²) in [5.74, 6) is 0.578. The number of thiophene rings is 1. The number of aliphatic hydroxyl groups excluding tert-OH is 1. The first-order chi connectivity index (χ1) is 7.72. The fraction of sp³-hybridized carbons (Fsp3) is 0.167. The number of methoxy groups -OCH3 is 1. The van der Waals surface area contributed by atoms with Crippen LogP contribution in [0.4, 0.5) is 0 Å². The van der Waals surface area contributed by atoms with E-state index in [4.69, 9.17) is 16.3 Å². The van der Waals surface area contributed by atoms with Gasteiger partial charge < -0.3 is 9.84 Å². The molecule has 0 saturated heterocycles. The summed E-state index contributed by atoms with van der Waals surface area (Å²) >= 11 is 7.44. The van der Waals surface area contributed by atoms with Crippen molar-refractivity contribution in [1.82, 2.24) is 0 Å². The average Bonchev–Trinajstić information content (AvgIpc) is 2.82. The quantitative estimate of drug-likeness (QED) is 0.909. The van der Waals surface area contributed by atoms with Crippen LogP contribution in [-0.2, 0) is 0 Å². The third kappa shape index (κ3) is 2.21. The monoisotopic (exact) mass is 254 g/mol. The van der Waals surface area contributed by atoms with Crippen molar-refractivity contribution in [3.63, 3.8) is 0 Å². The van der Waals surface area contributed by atoms with Crippen molar-refractivity contribution in [3.05, 3.63) is 51.2 Å². The van der Waals surface area contributed by atoms with Gasteiger partial charge in [-0.05, 0) is 29.1 Å². The van der Waals surface area contributed by atoms with E-state index in [-0.39, 0.29) is 0 Å². The SMILES string of the molecule is COc1cc(C(O)c2cccs2)ccc1Cl. The molecule has 0 amide bonds. The Hall–Kier alpha value is -1.03. The minimum atomic E-state index is -0.619. The Morgan fingerprint density at radius 2 is 2.19 bits per heavy atom. The zero-order valence-electron chi connectivity index (χ0n) is 8.68. The number of aliphatic hydroxyl groups is 1. The summed E-state index contributed by atoms with van der Waals surface area (Å²) in [6, 6.07) is 9.10. The van der Waals surface area contributed by atoms with Crippen molar-refractivity contribution in [2.45, 2.75) is 6.10 Å². The first-order valence-electron chi connectivity index (χ1n) is 4.77. The van der Waals surface area contributed by atoms with Crippen LogP contribution in [0, 0.1) is 0 Å². The summed E-state index contributed by atoms with van der Waals surface area (Å²) in [5.41, 5.74) is 0.781. The van der Waals surface area contributed by atoms with Gasteiger partial charge in [0.15, 0.2) is 0 Å². The fourth-order valence-electron chi connectivity index (χ4n) is 1.46. The Morgan fingerprint density at radius 3 is 2.81 bits per heavy atom. The van der Waals surface area contributed by atoms with Crippen LogP contribution in [0.15, 0.2) is 35.7 Å². The highest BCUT2D eigenvalue weighted by molar-refractivity contribution is 7.10. The van der Waals surface area contributed by atoms with Crippen LogP contribution in [-0.4, -0.2) is 12.2 Å². The summed E-state index contributed by atoms with van der Waals surface area (Å²) in [4.78, 5) is 0.907. The first-order valence-corrected chi connectivity index (χ1v) is 6.03. The second-order valence-electron chi connectivity index (χ2n) is 3.31. The second kappa shape index (κ2) is 4.87. The van der Waals surface area contributed by atoms with Gasteiger partial charge in [0.2, 0.25) is 0 Å². The van der Waals surface area contributed by atoms with Crippen LogP contribution in [0.5, 0.6) is 5.75 Å². The van der Waals surface area contributed by atoms with Crippen molar-refractivity contribution in [3.8, 4) is 5.75 Å². The molecule has 0 fully saturated rings. The molecule has 0 spiro atoms. The van der Waals surface area contributed by atoms with Gasteiger partial charge in [0.1, 0.15) is 11.9 Å². The minimum absolute atomic E-state index is 0.546. The fourth-order valence-corrected chi connectivity index (χ4v) is 2.39. The lowest BCUT2D eigenvalue weighted by atomic mass is 10.1. The van der Waals surface area contributed by atoms with E-state index in [9.17, 15) is 5.11 Å². The third-order valence-corrected chi connectivity index (χ3v) is 3.54. The maximum Gasteiger partial charge on any atom is 0.137 e. The van der Waals surface area contributed by atoms with Gasteiger partial charge in [-0.15, -0.1) is 11.3 Å². The van der Waals surface area contributed by atoms with Crippen molar-refractivity contribution >= 4 is 22.9 Å². The molecule has 4 heteroatoms. The molecular weight excluding hydrogens is 244 g/mol. The largest absolute Gasteiger partial charge is 0.495 e. The molecular formula is C12H11ClO2S. The standard InChI is InChI=1S/C12H11ClO2S/c1-15-10-7-8(4-5-9(10)13)12(14)11-3-2-6-16-11/h2-7,12,14H,1H3. The summed E-state index contributed by atoms with van der Waals surface area (Å²) in [6.07, 6.45) is -0.619. The minimum Gasteiger partial charge on any atom is -0.495 e. The maximum atomic E-state index is 10.1. The van der Waals surface area contributed by atoms with Gasteiger partial charge in [0, 0.05) is 4.88 Å². The van der Waals surface area contributed by atoms with Crippen LogP contribution in [0.1, 0.15) is 16.5 Å². The van der Waals surface area contributed by atoms with Gasteiger partial charge in [-0.1, -0.05) is 23.7 Å². The summed E-state index contributed by atoms with van der Waals surface area (Å²) in [7, 11) is 1.56. The molecule has 0 bridgehead atoms. The molecule has 2 rings (SSSR count). The smallest absolute Gasteiger partial charge is 0.137 e. The highest BCUT2D eigenvalue weighted by atomic mass is 35.5. The molecule has 84 valence electrons. The van der Waals surface area contributed by atoms with E-state index in [1.807, 2.05) is 17.5 Å². The molecule has 0 saturated carbocycles. The molecule has 1 heterocycles. The molecule has 0 radical (unpaired) electrons. The summed E-state index contributed by atoms with van der Waals surface area (Å²) in [6.45, 7) is 0. The Labute approximate surface area is 103 Å². The number of halogens is 1. The molecule has 0 aliphatic carbocycles. The average molecular weight is 255 g/mol. The van der Waals surface area contributed by atoms with E-state index in [1.165, 1.54) is 11.3 Å². The van der Waals surface area contributed by atoms with Crippen LogP contribution in [0.2, 0.25) is 5.02 Å². The van der Waals surface area contributed by atoms with Gasteiger partial charge in [-0.25, -0.2) is 0 Å². The van der Waals surface area contributed by atoms with E-state index >= 15 is 0 Å². The topological polar surface area (TPSA) is 29.5 Å². The Morgan fingerprint density at radius 1 is 1.38 bits per heavy atom. The Bertz CT molecular complexity index is 468. The highest BCUT2D eigenvalue weighted by Gasteiger charge is 2.13. The molecule has 1 aromatic heterocycles. The molecule has 2 nitrogen and oxygen atoms in total. The van der Waals surface area contributed by atoms with E-state index in [0.29, 0.717) is 10.8 Å². The number of hydrogen-bond acceptors (Lipinski definition) is 3. The van der Waals surface area contributed by atoms with Crippen LogP contribution in [0.25, 0.3) is 0 Å². The van der Waals surface area contributed by atoms with Gasteiger partial charge in [0.05, 0.1) is 12.1 Å². The normalized spacial score (nSPS) is 12.4. The van der Waals surface area contributed by atoms with Crippen LogP contribution in [0.3, 0.4) is 0 Å². The predicted octanol–water partition coefficient (Wildman–Crippen LogP) is 3.49. The van der Waals surface area contributed by atoms with Crippen molar-refractivity contribution < 1.29 is 9.84 Å². The lowest BCUT2D eigenvalue weighted by Gasteiger charge is -2.11. The van der Waals surface area contributed by atoms with Crippen molar-refractivity contribution in [2.75, 3.05) is 7.11 Å².